The zero-order chi connectivity index (χ0) is 38.8. The largest absolute Gasteiger partial charge is 0.310 e. The van der Waals surface area contributed by atoms with E-state index in [0.29, 0.717) is 0 Å². The molecule has 7 aromatic carbocycles. The van der Waals surface area contributed by atoms with E-state index >= 15 is 0 Å². The van der Waals surface area contributed by atoms with Crippen molar-refractivity contribution in [1.29, 1.82) is 0 Å². The molecule has 0 spiro atoms. The van der Waals surface area contributed by atoms with Gasteiger partial charge in [0.25, 0.3) is 0 Å². The van der Waals surface area contributed by atoms with Crippen LogP contribution in [0.3, 0.4) is 0 Å². The second-order valence-electron chi connectivity index (χ2n) is 16.5. The van der Waals surface area contributed by atoms with Crippen molar-refractivity contribution in [2.75, 3.05) is 9.80 Å². The van der Waals surface area contributed by atoms with Crippen molar-refractivity contribution in [2.45, 2.75) is 38.5 Å². The molecule has 0 saturated carbocycles. The quantitative estimate of drug-likeness (QED) is 0.162. The molecule has 0 bridgehead atoms. The van der Waals surface area contributed by atoms with Crippen LogP contribution in [0.15, 0.2) is 193 Å². The molecule has 2 heteroatoms. The number of fused-ring (bicyclic) bond motifs is 6. The minimum atomic E-state index is -0.142. The summed E-state index contributed by atoms with van der Waals surface area (Å²) in [7, 11) is 0. The molecular weight excluding hydrogens is 701 g/mol. The van der Waals surface area contributed by atoms with Gasteiger partial charge in [0.1, 0.15) is 0 Å². The van der Waals surface area contributed by atoms with Gasteiger partial charge in [-0.2, -0.15) is 0 Å². The number of para-hydroxylation sites is 3. The summed E-state index contributed by atoms with van der Waals surface area (Å²) in [6, 6.07) is 58.5. The summed E-state index contributed by atoms with van der Waals surface area (Å²) >= 11 is 0. The van der Waals surface area contributed by atoms with Crippen molar-refractivity contribution < 1.29 is 0 Å². The Morgan fingerprint density at radius 3 is 1.78 bits per heavy atom. The predicted molar refractivity (Wildman–Crippen MR) is 245 cm³/mol. The summed E-state index contributed by atoms with van der Waals surface area (Å²) in [4.78, 5) is 4.90. The molecule has 2 heterocycles. The number of nitrogens with zero attached hydrogens (tertiary/aromatic N) is 2. The third-order valence-electron chi connectivity index (χ3n) is 12.6. The van der Waals surface area contributed by atoms with E-state index in [4.69, 9.17) is 0 Å². The minimum absolute atomic E-state index is 0.142. The highest BCUT2D eigenvalue weighted by Crippen LogP contribution is 2.52. The van der Waals surface area contributed by atoms with Crippen molar-refractivity contribution in [1.82, 2.24) is 0 Å². The molecule has 2 aliphatic carbocycles. The Morgan fingerprint density at radius 2 is 1.03 bits per heavy atom. The van der Waals surface area contributed by atoms with Gasteiger partial charge in [-0.1, -0.05) is 153 Å². The molecule has 2 nitrogen and oxygen atoms in total. The molecule has 58 heavy (non-hydrogen) atoms. The zero-order valence-electron chi connectivity index (χ0n) is 33.0. The zero-order valence-corrected chi connectivity index (χ0v) is 33.0. The highest BCUT2D eigenvalue weighted by molar-refractivity contribution is 5.88. The van der Waals surface area contributed by atoms with Crippen LogP contribution in [-0.4, -0.2) is 0 Å². The first-order valence-electron chi connectivity index (χ1n) is 20.6. The van der Waals surface area contributed by atoms with Crippen LogP contribution in [0, 0.1) is 0 Å². The van der Waals surface area contributed by atoms with Gasteiger partial charge in [-0.25, -0.2) is 0 Å². The van der Waals surface area contributed by atoms with E-state index in [2.05, 4.69) is 218 Å². The highest BCUT2D eigenvalue weighted by Gasteiger charge is 2.37. The van der Waals surface area contributed by atoms with E-state index < -0.39 is 0 Å². The maximum absolute atomic E-state index is 2.48. The van der Waals surface area contributed by atoms with Gasteiger partial charge >= 0.3 is 0 Å². The van der Waals surface area contributed by atoms with Gasteiger partial charge in [-0.05, 0) is 128 Å². The van der Waals surface area contributed by atoms with Gasteiger partial charge in [0.2, 0.25) is 0 Å². The Labute approximate surface area is 342 Å². The van der Waals surface area contributed by atoms with Crippen LogP contribution in [0.4, 0.5) is 28.4 Å². The Kier molecular flexibility index (Phi) is 8.08. The first-order chi connectivity index (χ1) is 28.5. The number of rotatable bonds is 5. The molecule has 0 atom stereocenters. The second kappa shape index (κ2) is 13.6. The van der Waals surface area contributed by atoms with Gasteiger partial charge in [-0.15, -0.1) is 0 Å². The van der Waals surface area contributed by atoms with E-state index in [9.17, 15) is 0 Å². The summed E-state index contributed by atoms with van der Waals surface area (Å²) in [6.07, 6.45) is 16.6. The van der Waals surface area contributed by atoms with Crippen molar-refractivity contribution in [3.8, 4) is 22.3 Å². The molecule has 278 valence electrons. The lowest BCUT2D eigenvalue weighted by molar-refractivity contribution is 0.660. The fraction of sp³-hybridized carbons (Fsp3) is 0.107. The summed E-state index contributed by atoms with van der Waals surface area (Å²) < 4.78 is 0. The molecule has 0 amide bonds. The molecule has 0 unspecified atom stereocenters. The van der Waals surface area contributed by atoms with Crippen LogP contribution in [0.1, 0.15) is 59.2 Å². The van der Waals surface area contributed by atoms with E-state index in [0.717, 1.165) is 19.3 Å². The fourth-order valence-electron chi connectivity index (χ4n) is 9.71. The molecule has 4 aliphatic rings. The highest BCUT2D eigenvalue weighted by atomic mass is 15.2. The van der Waals surface area contributed by atoms with E-state index in [1.54, 1.807) is 0 Å². The first-order valence-corrected chi connectivity index (χ1v) is 20.6. The average molecular weight is 745 g/mol. The lowest BCUT2D eigenvalue weighted by atomic mass is 9.81. The molecule has 0 radical (unpaired) electrons. The van der Waals surface area contributed by atoms with Crippen LogP contribution in [0.2, 0.25) is 0 Å². The van der Waals surface area contributed by atoms with E-state index in [1.165, 1.54) is 101 Å². The summed E-state index contributed by atoms with van der Waals surface area (Å²) in [5, 5.41) is 0. The van der Waals surface area contributed by atoms with Crippen LogP contribution >= 0.6 is 0 Å². The van der Waals surface area contributed by atoms with Crippen LogP contribution < -0.4 is 9.80 Å². The van der Waals surface area contributed by atoms with Crippen molar-refractivity contribution in [3.05, 3.63) is 232 Å². The third kappa shape index (κ3) is 5.71. The van der Waals surface area contributed by atoms with E-state index in [1.807, 2.05) is 0 Å². The van der Waals surface area contributed by atoms with Crippen molar-refractivity contribution >= 4 is 40.6 Å². The lowest BCUT2D eigenvalue weighted by Crippen LogP contribution is -2.23. The van der Waals surface area contributed by atoms with E-state index in [-0.39, 0.29) is 5.41 Å². The Morgan fingerprint density at radius 1 is 0.466 bits per heavy atom. The monoisotopic (exact) mass is 744 g/mol. The molecule has 0 saturated heterocycles. The molecule has 0 N–H and O–H groups in total. The topological polar surface area (TPSA) is 6.48 Å². The predicted octanol–water partition coefficient (Wildman–Crippen LogP) is 14.7. The lowest BCUT2D eigenvalue weighted by Gasteiger charge is -2.34. The minimum Gasteiger partial charge on any atom is -0.310 e. The van der Waals surface area contributed by atoms with Crippen molar-refractivity contribution in [3.63, 3.8) is 0 Å². The average Bonchev–Trinajstić information content (AvgIpc) is 3.37. The molecule has 11 rings (SSSR count). The number of hydrogen-bond acceptors (Lipinski definition) is 2. The number of anilines is 5. The molecule has 7 aromatic rings. The second-order valence-corrected chi connectivity index (χ2v) is 16.5. The van der Waals surface area contributed by atoms with Gasteiger partial charge in [0, 0.05) is 52.4 Å². The Balaban J connectivity index is 0.887. The van der Waals surface area contributed by atoms with Gasteiger partial charge in [-0.3, -0.25) is 0 Å². The number of allylic oxidation sites excluding steroid dienone is 5. The maximum Gasteiger partial charge on any atom is 0.0497 e. The van der Waals surface area contributed by atoms with Crippen LogP contribution in [-0.2, 0) is 18.3 Å². The van der Waals surface area contributed by atoms with Gasteiger partial charge in [0.15, 0.2) is 0 Å². The first kappa shape index (κ1) is 34.4. The smallest absolute Gasteiger partial charge is 0.0497 e. The summed E-state index contributed by atoms with van der Waals surface area (Å²) in [6.45, 7) is 4.77. The Hall–Kier alpha value is -6.90. The third-order valence-corrected chi connectivity index (χ3v) is 12.6. The fourth-order valence-corrected chi connectivity index (χ4v) is 9.71. The molecule has 2 aliphatic heterocycles. The summed E-state index contributed by atoms with van der Waals surface area (Å²) in [5.41, 5.74) is 23.0. The molecule has 0 fully saturated rings. The number of hydrogen-bond donors (Lipinski definition) is 0. The number of benzene rings is 7. The normalized spacial score (nSPS) is 15.7. The molecule has 0 aromatic heterocycles. The summed E-state index contributed by atoms with van der Waals surface area (Å²) in [5.74, 6) is 0. The Bertz CT molecular complexity index is 2870. The van der Waals surface area contributed by atoms with Crippen molar-refractivity contribution in [2.24, 2.45) is 0 Å². The standard InChI is InChI=1S/C56H44N2/c1-56(2)50-33-39(28-30-48(50)49-31-29-47(37-51(49)56)58-52-22-5-3-4-15-42(52)34-45-18-8-11-25-55(45)58)27-26-38-14-12-19-40(32-38)41-20-13-21-46(36-41)57-53-23-9-6-16-43(53)35-44-17-7-10-24-54(44)57/h4-33,36-37H,3,34-35H2,1-2H3/b27-26+. The SMILES string of the molecule is CC1(C)c2cc(/C=C/c3cccc(-c4cccc(N5c6ccccc6Cc6ccccc65)c4)c3)ccc2-c2ccc(N3C4=C(C=CCC=C4)Cc4ccccc43)cc21. The van der Waals surface area contributed by atoms with Crippen LogP contribution in [0.5, 0.6) is 0 Å². The van der Waals surface area contributed by atoms with Gasteiger partial charge < -0.3 is 9.80 Å². The molecular formula is C56H44N2. The maximum atomic E-state index is 2.48. The van der Waals surface area contributed by atoms with Gasteiger partial charge in [0.05, 0.1) is 0 Å². The van der Waals surface area contributed by atoms with Crippen LogP contribution in [0.25, 0.3) is 34.4 Å².